The lowest BCUT2D eigenvalue weighted by molar-refractivity contribution is -0.123. The molecule has 0 aromatic heterocycles. The second-order valence-electron chi connectivity index (χ2n) is 5.47. The van der Waals surface area contributed by atoms with Gasteiger partial charge in [-0.25, -0.2) is 4.79 Å². The Kier molecular flexibility index (Phi) is 4.83. The van der Waals surface area contributed by atoms with E-state index in [0.29, 0.717) is 26.2 Å². The first-order valence-corrected chi connectivity index (χ1v) is 7.18. The summed E-state index contributed by atoms with van der Waals surface area (Å²) in [5.74, 6) is 0. The van der Waals surface area contributed by atoms with Crippen LogP contribution in [0.3, 0.4) is 0 Å². The van der Waals surface area contributed by atoms with Crippen LogP contribution < -0.4 is 10.2 Å². The zero-order chi connectivity index (χ0) is 16.3. The number of halogens is 3. The molecule has 0 atom stereocenters. The number of benzene rings is 1. The van der Waals surface area contributed by atoms with E-state index in [-0.39, 0.29) is 0 Å². The van der Waals surface area contributed by atoms with Gasteiger partial charge < -0.3 is 15.1 Å². The fourth-order valence-electron chi connectivity index (χ4n) is 2.52. The predicted octanol–water partition coefficient (Wildman–Crippen LogP) is 2.70. The van der Waals surface area contributed by atoms with Gasteiger partial charge in [-0.3, -0.25) is 0 Å². The Hall–Kier alpha value is -1.92. The fraction of sp³-hybridized carbons (Fsp3) is 0.533. The van der Waals surface area contributed by atoms with Crippen LogP contribution in [-0.2, 0) is 0 Å². The summed E-state index contributed by atoms with van der Waals surface area (Å²) < 4.78 is 36.3. The van der Waals surface area contributed by atoms with Gasteiger partial charge in [0.1, 0.15) is 6.54 Å². The van der Waals surface area contributed by atoms with E-state index in [9.17, 15) is 18.0 Å². The normalized spacial score (nSPS) is 15.9. The number of piperazine rings is 1. The molecule has 4 nitrogen and oxygen atoms in total. The minimum Gasteiger partial charge on any atom is -0.368 e. The van der Waals surface area contributed by atoms with Gasteiger partial charge in [0.2, 0.25) is 0 Å². The van der Waals surface area contributed by atoms with Gasteiger partial charge in [-0.15, -0.1) is 0 Å². The Labute approximate surface area is 127 Å². The van der Waals surface area contributed by atoms with Gasteiger partial charge in [0, 0.05) is 31.9 Å². The fourth-order valence-corrected chi connectivity index (χ4v) is 2.52. The number of hydrogen-bond acceptors (Lipinski definition) is 2. The zero-order valence-corrected chi connectivity index (χ0v) is 12.7. The maximum absolute atomic E-state index is 12.1. The number of hydrogen-bond donors (Lipinski definition) is 1. The molecule has 22 heavy (non-hydrogen) atoms. The molecular formula is C15H20F3N3O. The quantitative estimate of drug-likeness (QED) is 0.911. The predicted molar refractivity (Wildman–Crippen MR) is 79.2 cm³/mol. The van der Waals surface area contributed by atoms with Gasteiger partial charge in [0.05, 0.1) is 0 Å². The maximum Gasteiger partial charge on any atom is 0.405 e. The first-order chi connectivity index (χ1) is 10.3. The van der Waals surface area contributed by atoms with Crippen LogP contribution in [0.5, 0.6) is 0 Å². The molecule has 0 unspecified atom stereocenters. The summed E-state index contributed by atoms with van der Waals surface area (Å²) in [6, 6.07) is 5.40. The third-order valence-corrected chi connectivity index (χ3v) is 3.92. The van der Waals surface area contributed by atoms with Crippen LogP contribution in [0.2, 0.25) is 0 Å². The number of urea groups is 1. The van der Waals surface area contributed by atoms with E-state index in [4.69, 9.17) is 0 Å². The van der Waals surface area contributed by atoms with Crippen LogP contribution in [0.1, 0.15) is 11.1 Å². The van der Waals surface area contributed by atoms with Gasteiger partial charge in [-0.2, -0.15) is 13.2 Å². The number of nitrogens with one attached hydrogen (secondary N) is 1. The molecule has 1 fully saturated rings. The summed E-state index contributed by atoms with van der Waals surface area (Å²) >= 11 is 0. The third-order valence-electron chi connectivity index (χ3n) is 3.92. The van der Waals surface area contributed by atoms with Crippen molar-refractivity contribution in [2.24, 2.45) is 0 Å². The molecule has 1 saturated heterocycles. The SMILES string of the molecule is Cc1cccc(N2CCN(C(=O)NCC(F)(F)F)CC2)c1C. The lowest BCUT2D eigenvalue weighted by atomic mass is 10.1. The van der Waals surface area contributed by atoms with E-state index in [0.717, 1.165) is 5.69 Å². The molecule has 1 aromatic rings. The minimum atomic E-state index is -4.38. The smallest absolute Gasteiger partial charge is 0.368 e. The number of amides is 2. The average Bonchev–Trinajstić information content (AvgIpc) is 2.47. The molecule has 2 rings (SSSR count). The molecule has 1 N–H and O–H groups in total. The number of alkyl halides is 3. The number of carbonyl (C=O) groups is 1. The first-order valence-electron chi connectivity index (χ1n) is 7.18. The van der Waals surface area contributed by atoms with Crippen molar-refractivity contribution in [3.63, 3.8) is 0 Å². The summed E-state index contributed by atoms with van der Waals surface area (Å²) in [6.45, 7) is 4.86. The van der Waals surface area contributed by atoms with Crippen LogP contribution in [0.15, 0.2) is 18.2 Å². The largest absolute Gasteiger partial charge is 0.405 e. The average molecular weight is 315 g/mol. The first kappa shape index (κ1) is 16.5. The molecule has 2 amide bonds. The summed E-state index contributed by atoms with van der Waals surface area (Å²) in [7, 11) is 0. The van der Waals surface area contributed by atoms with Crippen LogP contribution in [-0.4, -0.2) is 49.8 Å². The van der Waals surface area contributed by atoms with Gasteiger partial charge in [0.15, 0.2) is 0 Å². The lowest BCUT2D eigenvalue weighted by Crippen LogP contribution is -2.53. The highest BCUT2D eigenvalue weighted by Crippen LogP contribution is 2.23. The van der Waals surface area contributed by atoms with Gasteiger partial charge in [-0.05, 0) is 31.0 Å². The number of nitrogens with zero attached hydrogens (tertiary/aromatic N) is 2. The van der Waals surface area contributed by atoms with Crippen LogP contribution in [0.25, 0.3) is 0 Å². The molecule has 0 bridgehead atoms. The zero-order valence-electron chi connectivity index (χ0n) is 12.7. The van der Waals surface area contributed by atoms with E-state index in [1.54, 1.807) is 0 Å². The molecule has 1 aliphatic heterocycles. The van der Waals surface area contributed by atoms with E-state index in [2.05, 4.69) is 4.90 Å². The van der Waals surface area contributed by atoms with Crippen molar-refractivity contribution in [3.8, 4) is 0 Å². The standard InChI is InChI=1S/C15H20F3N3O/c1-11-4-3-5-13(12(11)2)20-6-8-21(9-7-20)14(22)19-10-15(16,17)18/h3-5H,6-10H2,1-2H3,(H,19,22). The van der Waals surface area contributed by atoms with Crippen molar-refractivity contribution in [3.05, 3.63) is 29.3 Å². The molecule has 0 spiro atoms. The van der Waals surface area contributed by atoms with E-state index in [1.165, 1.54) is 16.0 Å². The van der Waals surface area contributed by atoms with Crippen molar-refractivity contribution >= 4 is 11.7 Å². The van der Waals surface area contributed by atoms with Crippen LogP contribution in [0.4, 0.5) is 23.7 Å². The van der Waals surface area contributed by atoms with E-state index >= 15 is 0 Å². The third kappa shape index (κ3) is 4.05. The Morgan fingerprint density at radius 1 is 1.18 bits per heavy atom. The summed E-state index contributed by atoms with van der Waals surface area (Å²) in [4.78, 5) is 15.3. The Bertz CT molecular complexity index is 537. The molecule has 0 radical (unpaired) electrons. The van der Waals surface area contributed by atoms with Crippen LogP contribution in [0, 0.1) is 13.8 Å². The second kappa shape index (κ2) is 6.46. The Morgan fingerprint density at radius 2 is 1.82 bits per heavy atom. The number of carbonyl (C=O) groups excluding carboxylic acids is 1. The molecule has 1 aliphatic rings. The number of aryl methyl sites for hydroxylation is 1. The molecule has 7 heteroatoms. The second-order valence-corrected chi connectivity index (χ2v) is 5.47. The topological polar surface area (TPSA) is 35.6 Å². The van der Waals surface area contributed by atoms with Crippen molar-refractivity contribution in [2.75, 3.05) is 37.6 Å². The summed E-state index contributed by atoms with van der Waals surface area (Å²) in [6.07, 6.45) is -4.38. The summed E-state index contributed by atoms with van der Waals surface area (Å²) in [5.41, 5.74) is 3.51. The van der Waals surface area contributed by atoms with E-state index in [1.807, 2.05) is 37.4 Å². The highest BCUT2D eigenvalue weighted by Gasteiger charge is 2.29. The molecule has 122 valence electrons. The minimum absolute atomic E-state index is 0.414. The Morgan fingerprint density at radius 3 is 2.41 bits per heavy atom. The molecule has 1 aromatic carbocycles. The highest BCUT2D eigenvalue weighted by atomic mass is 19.4. The van der Waals surface area contributed by atoms with Gasteiger partial charge in [-0.1, -0.05) is 12.1 Å². The van der Waals surface area contributed by atoms with Gasteiger partial charge >= 0.3 is 12.2 Å². The highest BCUT2D eigenvalue weighted by molar-refractivity contribution is 5.74. The lowest BCUT2D eigenvalue weighted by Gasteiger charge is -2.37. The number of anilines is 1. The summed E-state index contributed by atoms with van der Waals surface area (Å²) in [5, 5.41) is 1.91. The van der Waals surface area contributed by atoms with Crippen molar-refractivity contribution in [1.29, 1.82) is 0 Å². The van der Waals surface area contributed by atoms with Crippen molar-refractivity contribution in [2.45, 2.75) is 20.0 Å². The molecule has 0 aliphatic carbocycles. The molecule has 0 saturated carbocycles. The van der Waals surface area contributed by atoms with Crippen molar-refractivity contribution in [1.82, 2.24) is 10.2 Å². The number of rotatable bonds is 2. The molecule has 1 heterocycles. The Balaban J connectivity index is 1.90. The molecular weight excluding hydrogens is 295 g/mol. The maximum atomic E-state index is 12.1. The van der Waals surface area contributed by atoms with Gasteiger partial charge in [0.25, 0.3) is 0 Å². The monoisotopic (exact) mass is 315 g/mol. The van der Waals surface area contributed by atoms with Crippen LogP contribution >= 0.6 is 0 Å². The van der Waals surface area contributed by atoms with Crippen molar-refractivity contribution < 1.29 is 18.0 Å². The van der Waals surface area contributed by atoms with E-state index < -0.39 is 18.8 Å².